The van der Waals surface area contributed by atoms with E-state index in [0.29, 0.717) is 21.5 Å². The number of carboxylic acids is 1. The molecule has 0 aliphatic heterocycles. The van der Waals surface area contributed by atoms with Gasteiger partial charge in [-0.2, -0.15) is 0 Å². The summed E-state index contributed by atoms with van der Waals surface area (Å²) in [5.74, 6) is -0.929. The number of rotatable bonds is 3. The molecule has 0 spiro atoms. The van der Waals surface area contributed by atoms with E-state index in [1.54, 1.807) is 12.1 Å². The molecule has 0 fully saturated rings. The molecular formula is C16H11ClN2O4. The fraction of sp³-hybridized carbons (Fsp3) is 0.0625. The molecule has 116 valence electrons. The van der Waals surface area contributed by atoms with Crippen LogP contribution in [0.25, 0.3) is 22.3 Å². The fourth-order valence-corrected chi connectivity index (χ4v) is 2.47. The molecule has 0 bridgehead atoms. The molecule has 23 heavy (non-hydrogen) atoms. The van der Waals surface area contributed by atoms with Crippen molar-refractivity contribution >= 4 is 28.5 Å². The van der Waals surface area contributed by atoms with Crippen LogP contribution in [0.3, 0.4) is 0 Å². The third kappa shape index (κ3) is 3.02. The summed E-state index contributed by atoms with van der Waals surface area (Å²) in [6.45, 7) is 0. The van der Waals surface area contributed by atoms with Crippen molar-refractivity contribution in [1.82, 2.24) is 9.97 Å². The van der Waals surface area contributed by atoms with Crippen LogP contribution in [0, 0.1) is 0 Å². The van der Waals surface area contributed by atoms with Gasteiger partial charge in [0, 0.05) is 5.02 Å². The third-order valence-corrected chi connectivity index (χ3v) is 3.57. The van der Waals surface area contributed by atoms with Crippen molar-refractivity contribution in [1.29, 1.82) is 0 Å². The van der Waals surface area contributed by atoms with Gasteiger partial charge < -0.3 is 15.2 Å². The lowest BCUT2D eigenvalue weighted by Gasteiger charge is -2.07. The van der Waals surface area contributed by atoms with Gasteiger partial charge in [-0.25, -0.2) is 4.98 Å². The zero-order valence-corrected chi connectivity index (χ0v) is 12.5. The average Bonchev–Trinajstić information content (AvgIpc) is 2.49. The second-order valence-electron chi connectivity index (χ2n) is 5.00. The summed E-state index contributed by atoms with van der Waals surface area (Å²) in [4.78, 5) is 29.9. The summed E-state index contributed by atoms with van der Waals surface area (Å²) in [7, 11) is 0. The number of nitrogens with zero attached hydrogens (tertiary/aromatic N) is 1. The Hall–Kier alpha value is -2.86. The fourth-order valence-electron chi connectivity index (χ4n) is 2.30. The summed E-state index contributed by atoms with van der Waals surface area (Å²) >= 11 is 5.87. The van der Waals surface area contributed by atoms with Crippen LogP contribution >= 0.6 is 11.6 Å². The van der Waals surface area contributed by atoms with E-state index in [9.17, 15) is 14.7 Å². The molecule has 6 nitrogen and oxygen atoms in total. The lowest BCUT2D eigenvalue weighted by molar-refractivity contribution is -0.136. The van der Waals surface area contributed by atoms with E-state index in [1.807, 2.05) is 0 Å². The number of benzene rings is 2. The van der Waals surface area contributed by atoms with Gasteiger partial charge in [-0.05, 0) is 35.9 Å². The Morgan fingerprint density at radius 1 is 1.22 bits per heavy atom. The second kappa shape index (κ2) is 5.73. The van der Waals surface area contributed by atoms with Crippen molar-refractivity contribution in [3.8, 4) is 17.1 Å². The Bertz CT molecular complexity index is 981. The van der Waals surface area contributed by atoms with Gasteiger partial charge in [0.25, 0.3) is 5.56 Å². The molecule has 0 saturated carbocycles. The summed E-state index contributed by atoms with van der Waals surface area (Å²) in [6, 6.07) is 9.09. The summed E-state index contributed by atoms with van der Waals surface area (Å²) in [5.41, 5.74) is 0.786. The number of phenols is 1. The van der Waals surface area contributed by atoms with E-state index in [-0.39, 0.29) is 23.6 Å². The van der Waals surface area contributed by atoms with Gasteiger partial charge >= 0.3 is 5.97 Å². The molecule has 0 aliphatic rings. The molecule has 3 rings (SSSR count). The van der Waals surface area contributed by atoms with Gasteiger partial charge in [0.1, 0.15) is 11.6 Å². The predicted octanol–water partition coefficient (Wildman–Crippen LogP) is 2.58. The van der Waals surface area contributed by atoms with Crippen molar-refractivity contribution in [2.45, 2.75) is 6.42 Å². The number of H-pyrrole nitrogens is 1. The Kier molecular flexibility index (Phi) is 3.75. The highest BCUT2D eigenvalue weighted by atomic mass is 35.5. The lowest BCUT2D eigenvalue weighted by Crippen LogP contribution is -2.10. The molecule has 1 heterocycles. The zero-order valence-electron chi connectivity index (χ0n) is 11.7. The van der Waals surface area contributed by atoms with Crippen LogP contribution in [0.15, 0.2) is 41.2 Å². The highest BCUT2D eigenvalue weighted by molar-refractivity contribution is 6.31. The molecular weight excluding hydrogens is 320 g/mol. The van der Waals surface area contributed by atoms with Gasteiger partial charge in [0.15, 0.2) is 0 Å². The molecule has 1 aromatic heterocycles. The standard InChI is InChI=1S/C16H11ClN2O4/c17-9-2-3-12-10(7-9)16(23)19-15(18-12)11-5-8(6-14(21)22)1-4-13(11)20/h1-5,7,20H,6H2,(H,21,22)(H,18,19,23). The minimum Gasteiger partial charge on any atom is -0.507 e. The number of aromatic hydroxyl groups is 1. The monoisotopic (exact) mass is 330 g/mol. The van der Waals surface area contributed by atoms with Gasteiger partial charge in [-0.1, -0.05) is 17.7 Å². The van der Waals surface area contributed by atoms with Crippen LogP contribution in [-0.4, -0.2) is 26.2 Å². The van der Waals surface area contributed by atoms with Gasteiger partial charge in [-0.3, -0.25) is 9.59 Å². The normalized spacial score (nSPS) is 10.8. The number of carboxylic acid groups (broad SMARTS) is 1. The molecule has 0 aliphatic carbocycles. The minimum atomic E-state index is -0.990. The second-order valence-corrected chi connectivity index (χ2v) is 5.43. The number of hydrogen-bond donors (Lipinski definition) is 3. The molecule has 0 unspecified atom stereocenters. The maximum Gasteiger partial charge on any atom is 0.307 e. The van der Waals surface area contributed by atoms with Gasteiger partial charge in [0.2, 0.25) is 0 Å². The Balaban J connectivity index is 2.18. The van der Waals surface area contributed by atoms with Crippen LogP contribution in [0.4, 0.5) is 0 Å². The molecule has 3 N–H and O–H groups in total. The largest absolute Gasteiger partial charge is 0.507 e. The maximum absolute atomic E-state index is 12.2. The third-order valence-electron chi connectivity index (χ3n) is 3.34. The molecule has 2 aromatic carbocycles. The quantitative estimate of drug-likeness (QED) is 0.684. The van der Waals surface area contributed by atoms with Gasteiger partial charge in [-0.15, -0.1) is 0 Å². The number of carbonyl (C=O) groups is 1. The van der Waals surface area contributed by atoms with E-state index in [4.69, 9.17) is 16.7 Å². The number of fused-ring (bicyclic) bond motifs is 1. The van der Waals surface area contributed by atoms with E-state index in [1.165, 1.54) is 24.3 Å². The number of nitrogens with one attached hydrogen (secondary N) is 1. The van der Waals surface area contributed by atoms with Crippen LogP contribution in [0.5, 0.6) is 5.75 Å². The maximum atomic E-state index is 12.2. The number of aromatic amines is 1. The highest BCUT2D eigenvalue weighted by Gasteiger charge is 2.12. The first-order valence-corrected chi connectivity index (χ1v) is 7.05. The molecule has 0 radical (unpaired) electrons. The first-order chi connectivity index (χ1) is 10.9. The Morgan fingerprint density at radius 3 is 2.74 bits per heavy atom. The number of aliphatic carboxylic acids is 1. The van der Waals surface area contributed by atoms with E-state index >= 15 is 0 Å². The number of aromatic nitrogens is 2. The highest BCUT2D eigenvalue weighted by Crippen LogP contribution is 2.28. The smallest absolute Gasteiger partial charge is 0.307 e. The SMILES string of the molecule is O=C(O)Cc1ccc(O)c(-c2nc3ccc(Cl)cc3c(=O)[nH]2)c1. The van der Waals surface area contributed by atoms with Crippen LogP contribution in [0.1, 0.15) is 5.56 Å². The van der Waals surface area contributed by atoms with Crippen molar-refractivity contribution in [2.24, 2.45) is 0 Å². The van der Waals surface area contributed by atoms with Crippen molar-refractivity contribution in [3.05, 3.63) is 57.3 Å². The minimum absolute atomic E-state index is 0.101. The van der Waals surface area contributed by atoms with Gasteiger partial charge in [0.05, 0.1) is 22.9 Å². The van der Waals surface area contributed by atoms with Crippen molar-refractivity contribution in [3.63, 3.8) is 0 Å². The molecule has 3 aromatic rings. The van der Waals surface area contributed by atoms with Crippen molar-refractivity contribution < 1.29 is 15.0 Å². The Labute approximate surface area is 135 Å². The summed E-state index contributed by atoms with van der Waals surface area (Å²) in [5, 5.41) is 19.6. The molecule has 7 heteroatoms. The van der Waals surface area contributed by atoms with E-state index in [0.717, 1.165) is 0 Å². The van der Waals surface area contributed by atoms with Crippen LogP contribution in [0.2, 0.25) is 5.02 Å². The first kappa shape index (κ1) is 15.1. The molecule has 0 saturated heterocycles. The molecule has 0 amide bonds. The predicted molar refractivity (Wildman–Crippen MR) is 85.8 cm³/mol. The number of hydrogen-bond acceptors (Lipinski definition) is 4. The topological polar surface area (TPSA) is 103 Å². The summed E-state index contributed by atoms with van der Waals surface area (Å²) < 4.78 is 0. The Morgan fingerprint density at radius 2 is 2.00 bits per heavy atom. The van der Waals surface area contributed by atoms with E-state index < -0.39 is 11.5 Å². The van der Waals surface area contributed by atoms with Crippen LogP contribution in [-0.2, 0) is 11.2 Å². The molecule has 0 atom stereocenters. The van der Waals surface area contributed by atoms with Crippen LogP contribution < -0.4 is 5.56 Å². The van der Waals surface area contributed by atoms with E-state index in [2.05, 4.69) is 9.97 Å². The average molecular weight is 331 g/mol. The summed E-state index contributed by atoms with van der Waals surface area (Å²) in [6.07, 6.45) is -0.194. The van der Waals surface area contributed by atoms with Crippen molar-refractivity contribution in [2.75, 3.05) is 0 Å². The first-order valence-electron chi connectivity index (χ1n) is 6.67. The lowest BCUT2D eigenvalue weighted by atomic mass is 10.1. The zero-order chi connectivity index (χ0) is 16.6. The number of halogens is 1. The number of phenolic OH excluding ortho intramolecular Hbond substituents is 1.